The van der Waals surface area contributed by atoms with E-state index in [0.29, 0.717) is 5.82 Å². The van der Waals surface area contributed by atoms with Gasteiger partial charge in [0.25, 0.3) is 5.91 Å². The normalized spacial score (nSPS) is 13.8. The first-order chi connectivity index (χ1) is 8.34. The number of fused-ring (bicyclic) bond motifs is 5. The van der Waals surface area contributed by atoms with E-state index in [2.05, 4.69) is 9.98 Å². The molecule has 0 saturated carbocycles. The Labute approximate surface area is 96.6 Å². The van der Waals surface area contributed by atoms with Crippen LogP contribution in [0.25, 0.3) is 22.2 Å². The number of rotatable bonds is 0. The topological polar surface area (TPSA) is 47.2 Å². The van der Waals surface area contributed by atoms with Gasteiger partial charge in [-0.15, -0.1) is 0 Å². The van der Waals surface area contributed by atoms with Crippen LogP contribution >= 0.6 is 0 Å². The van der Waals surface area contributed by atoms with Crippen molar-refractivity contribution >= 4 is 28.7 Å². The van der Waals surface area contributed by atoms with E-state index in [0.717, 1.165) is 22.2 Å². The van der Waals surface area contributed by atoms with Crippen molar-refractivity contribution in [3.63, 3.8) is 0 Å². The van der Waals surface area contributed by atoms with Crippen LogP contribution in [0.1, 0.15) is 4.79 Å². The first-order valence-corrected chi connectivity index (χ1v) is 5.32. The summed E-state index contributed by atoms with van der Waals surface area (Å²) >= 11 is 0. The van der Waals surface area contributed by atoms with Crippen LogP contribution in [0.15, 0.2) is 41.5 Å². The average molecular weight is 221 g/mol. The zero-order chi connectivity index (χ0) is 11.4. The summed E-state index contributed by atoms with van der Waals surface area (Å²) in [6, 6.07) is 9.96. The third-order valence-electron chi connectivity index (χ3n) is 3.06. The maximum absolute atomic E-state index is 11.7. The maximum atomic E-state index is 11.7. The van der Waals surface area contributed by atoms with Crippen molar-refractivity contribution < 1.29 is 4.79 Å². The summed E-state index contributed by atoms with van der Waals surface area (Å²) in [6.07, 6.45) is 2.96. The molecule has 80 valence electrons. The molecular weight excluding hydrogens is 214 g/mol. The van der Waals surface area contributed by atoms with E-state index in [-0.39, 0.29) is 5.91 Å². The fourth-order valence-corrected chi connectivity index (χ4v) is 2.30. The lowest BCUT2D eigenvalue weighted by atomic mass is 10.2. The van der Waals surface area contributed by atoms with Crippen LogP contribution in [0.3, 0.4) is 0 Å². The first kappa shape index (κ1) is 8.64. The molecule has 3 aliphatic rings. The molecular formula is C13H7N3O. The van der Waals surface area contributed by atoms with Gasteiger partial charge in [-0.1, -0.05) is 24.3 Å². The van der Waals surface area contributed by atoms with Crippen LogP contribution in [0, 0.1) is 0 Å². The quantitative estimate of drug-likeness (QED) is 0.585. The molecule has 4 rings (SSSR count). The molecule has 4 heteroatoms. The highest BCUT2D eigenvalue weighted by molar-refractivity contribution is 6.31. The van der Waals surface area contributed by atoms with Crippen LogP contribution in [-0.2, 0) is 0 Å². The van der Waals surface area contributed by atoms with Gasteiger partial charge in [0.15, 0.2) is 5.82 Å². The molecule has 0 aromatic heterocycles. The summed E-state index contributed by atoms with van der Waals surface area (Å²) < 4.78 is 1.60. The predicted molar refractivity (Wildman–Crippen MR) is 65.1 cm³/mol. The third-order valence-corrected chi connectivity index (χ3v) is 3.06. The standard InChI is InChI=1S/C13H7N3O/c17-12-7-14-11-6-15-13-9-4-2-1-3-8(9)5-10(13)16(11)12/h1-7H. The molecule has 0 unspecified atom stereocenters. The second kappa shape index (κ2) is 2.79. The first-order valence-electron chi connectivity index (χ1n) is 5.32. The smallest absolute Gasteiger partial charge is 0.267 e. The minimum absolute atomic E-state index is 0.109. The summed E-state index contributed by atoms with van der Waals surface area (Å²) in [4.78, 5) is 20.2. The van der Waals surface area contributed by atoms with Crippen molar-refractivity contribution in [1.29, 1.82) is 0 Å². The lowest BCUT2D eigenvalue weighted by Gasteiger charge is -2.07. The van der Waals surface area contributed by atoms with E-state index in [4.69, 9.17) is 0 Å². The van der Waals surface area contributed by atoms with Gasteiger partial charge in [0.1, 0.15) is 0 Å². The Kier molecular flexibility index (Phi) is 1.42. The summed E-state index contributed by atoms with van der Waals surface area (Å²) in [5.41, 5.74) is 1.68. The second-order valence-corrected chi connectivity index (χ2v) is 4.01. The number of nitrogens with zero attached hydrogens (tertiary/aromatic N) is 3. The summed E-state index contributed by atoms with van der Waals surface area (Å²) in [5.74, 6) is 0.487. The Morgan fingerprint density at radius 3 is 3.00 bits per heavy atom. The zero-order valence-electron chi connectivity index (χ0n) is 8.79. The molecule has 0 amide bonds. The van der Waals surface area contributed by atoms with Gasteiger partial charge < -0.3 is 0 Å². The van der Waals surface area contributed by atoms with Crippen molar-refractivity contribution in [3.05, 3.63) is 36.5 Å². The molecule has 2 heterocycles. The molecule has 1 aromatic rings. The van der Waals surface area contributed by atoms with Gasteiger partial charge in [0.05, 0.1) is 23.8 Å². The summed E-state index contributed by atoms with van der Waals surface area (Å²) in [5, 5.41) is 2.16. The lowest BCUT2D eigenvalue weighted by Crippen LogP contribution is -2.10. The van der Waals surface area contributed by atoms with Gasteiger partial charge >= 0.3 is 0 Å². The minimum atomic E-state index is -0.109. The Morgan fingerprint density at radius 1 is 1.18 bits per heavy atom. The predicted octanol–water partition coefficient (Wildman–Crippen LogP) is 2.50. The summed E-state index contributed by atoms with van der Waals surface area (Å²) in [6.45, 7) is 0. The molecule has 4 nitrogen and oxygen atoms in total. The number of carbonyl (C=O) groups is 1. The molecule has 0 bridgehead atoms. The number of aromatic nitrogens is 2. The second-order valence-electron chi connectivity index (χ2n) is 4.01. The fraction of sp³-hybridized carbons (Fsp3) is 0. The molecule has 0 radical (unpaired) electrons. The number of hydrogen-bond acceptors (Lipinski definition) is 3. The van der Waals surface area contributed by atoms with Gasteiger partial charge in [0.2, 0.25) is 0 Å². The Balaban J connectivity index is 2.21. The maximum Gasteiger partial charge on any atom is 0.275 e. The molecule has 0 fully saturated rings. The van der Waals surface area contributed by atoms with E-state index in [1.165, 1.54) is 6.21 Å². The minimum Gasteiger partial charge on any atom is -0.267 e. The fourth-order valence-electron chi connectivity index (χ4n) is 2.30. The number of carbonyl (C=O) groups excluding carboxylic acids is 1. The largest absolute Gasteiger partial charge is 0.275 e. The number of benzene rings is 1. The van der Waals surface area contributed by atoms with Crippen LogP contribution in [0.4, 0.5) is 5.82 Å². The van der Waals surface area contributed by atoms with Gasteiger partial charge in [-0.25, -0.2) is 4.99 Å². The van der Waals surface area contributed by atoms with Crippen LogP contribution in [0.5, 0.6) is 0 Å². The average Bonchev–Trinajstić information content (AvgIpc) is 2.90. The monoisotopic (exact) mass is 221 g/mol. The van der Waals surface area contributed by atoms with E-state index in [1.807, 2.05) is 30.3 Å². The number of aliphatic imine (C=N–C) groups is 1. The highest BCUT2D eigenvalue weighted by Gasteiger charge is 2.22. The van der Waals surface area contributed by atoms with Gasteiger partial charge in [-0.2, -0.15) is 0 Å². The lowest BCUT2D eigenvalue weighted by molar-refractivity contribution is 0.100. The Hall–Kier alpha value is -2.49. The summed E-state index contributed by atoms with van der Waals surface area (Å²) in [7, 11) is 0. The van der Waals surface area contributed by atoms with Crippen molar-refractivity contribution in [3.8, 4) is 11.4 Å². The van der Waals surface area contributed by atoms with Gasteiger partial charge in [-0.05, 0) is 11.5 Å². The Morgan fingerprint density at radius 2 is 2.06 bits per heavy atom. The van der Waals surface area contributed by atoms with E-state index >= 15 is 0 Å². The third kappa shape index (κ3) is 0.990. The molecule has 17 heavy (non-hydrogen) atoms. The van der Waals surface area contributed by atoms with Gasteiger partial charge in [0, 0.05) is 5.39 Å². The molecule has 1 aromatic carbocycles. The van der Waals surface area contributed by atoms with Gasteiger partial charge in [-0.3, -0.25) is 14.3 Å². The van der Waals surface area contributed by atoms with Crippen LogP contribution in [-0.4, -0.2) is 21.7 Å². The van der Waals surface area contributed by atoms with Crippen molar-refractivity contribution in [1.82, 2.24) is 9.55 Å². The zero-order valence-corrected chi connectivity index (χ0v) is 8.79. The number of hydrogen-bond donors (Lipinski definition) is 0. The molecule has 0 N–H and O–H groups in total. The SMILES string of the molecule is O=C1C=Nc2cnc3c4ccccc4cc-3n21. The van der Waals surface area contributed by atoms with Crippen LogP contribution in [0.2, 0.25) is 0 Å². The van der Waals surface area contributed by atoms with Crippen molar-refractivity contribution in [2.45, 2.75) is 0 Å². The van der Waals surface area contributed by atoms with E-state index in [9.17, 15) is 4.79 Å². The molecule has 0 atom stereocenters. The molecule has 2 aliphatic heterocycles. The van der Waals surface area contributed by atoms with Crippen molar-refractivity contribution in [2.24, 2.45) is 4.99 Å². The van der Waals surface area contributed by atoms with Crippen molar-refractivity contribution in [2.75, 3.05) is 0 Å². The highest BCUT2D eigenvalue weighted by Crippen LogP contribution is 2.35. The van der Waals surface area contributed by atoms with E-state index in [1.54, 1.807) is 10.8 Å². The van der Waals surface area contributed by atoms with Crippen LogP contribution < -0.4 is 0 Å². The molecule has 1 aliphatic carbocycles. The molecule has 0 saturated heterocycles. The molecule has 0 spiro atoms. The van der Waals surface area contributed by atoms with E-state index < -0.39 is 0 Å². The Bertz CT molecular complexity index is 770. The highest BCUT2D eigenvalue weighted by atomic mass is 16.2.